The Morgan fingerprint density at radius 2 is 1.62 bits per heavy atom. The molecule has 2 aromatic carbocycles. The molecule has 2 aromatic heterocycles. The smallest absolute Gasteiger partial charge is 0.395 e. The Hall–Kier alpha value is -3.85. The minimum Gasteiger partial charge on any atom is -0.395 e. The fourth-order valence-electron chi connectivity index (χ4n) is 5.84. The van der Waals surface area contributed by atoms with Gasteiger partial charge in [-0.15, -0.1) is 0 Å². The summed E-state index contributed by atoms with van der Waals surface area (Å²) in [5.41, 5.74) is 7.15. The van der Waals surface area contributed by atoms with Crippen LogP contribution in [0.1, 0.15) is 70.9 Å². The van der Waals surface area contributed by atoms with Crippen molar-refractivity contribution in [2.24, 2.45) is 0 Å². The van der Waals surface area contributed by atoms with Gasteiger partial charge in [-0.25, -0.2) is 0 Å². The van der Waals surface area contributed by atoms with Crippen LogP contribution in [0.3, 0.4) is 0 Å². The zero-order chi connectivity index (χ0) is 27.9. The Morgan fingerprint density at radius 3 is 2.31 bits per heavy atom. The third kappa shape index (κ3) is 3.82. The zero-order valence-electron chi connectivity index (χ0n) is 23.7. The van der Waals surface area contributed by atoms with E-state index in [4.69, 9.17) is 0 Å². The van der Waals surface area contributed by atoms with E-state index in [-0.39, 0.29) is 10.8 Å². The van der Waals surface area contributed by atoms with Gasteiger partial charge in [-0.05, 0) is 71.5 Å². The van der Waals surface area contributed by atoms with Gasteiger partial charge in [-0.3, -0.25) is 0 Å². The molecule has 4 heterocycles. The van der Waals surface area contributed by atoms with Crippen molar-refractivity contribution in [1.29, 1.82) is 0 Å². The summed E-state index contributed by atoms with van der Waals surface area (Å²) in [5.74, 6) is 6.82. The molecule has 3 nitrogen and oxygen atoms in total. The largest absolute Gasteiger partial charge is 0.737 e. The third-order valence-corrected chi connectivity index (χ3v) is 8.07. The molecule has 0 radical (unpaired) electrons. The quantitative estimate of drug-likeness (QED) is 0.179. The van der Waals surface area contributed by atoms with Gasteiger partial charge in [0.25, 0.3) is 0 Å². The second kappa shape index (κ2) is 8.33. The molecule has 0 fully saturated rings. The van der Waals surface area contributed by atoms with Crippen LogP contribution < -0.4 is 0 Å². The van der Waals surface area contributed by atoms with Crippen molar-refractivity contribution >= 4 is 40.6 Å². The molecule has 6 heteroatoms. The van der Waals surface area contributed by atoms with Crippen LogP contribution in [0.15, 0.2) is 66.5 Å². The highest BCUT2D eigenvalue weighted by Gasteiger charge is 2.51. The summed E-state index contributed by atoms with van der Waals surface area (Å²) in [6, 6.07) is 14.7. The third-order valence-electron chi connectivity index (χ3n) is 8.07. The molecule has 0 aliphatic carbocycles. The van der Waals surface area contributed by atoms with Crippen LogP contribution in [0.4, 0.5) is 8.63 Å². The number of nitrogens with zero attached hydrogens (tertiary/aromatic N) is 3. The van der Waals surface area contributed by atoms with Gasteiger partial charge < -0.3 is 22.2 Å². The maximum Gasteiger partial charge on any atom is 0.737 e. The molecule has 0 spiro atoms. The molecule has 0 atom stereocenters. The Bertz CT molecular complexity index is 1840. The molecule has 6 rings (SSSR count). The van der Waals surface area contributed by atoms with E-state index < -0.39 is 6.97 Å². The minimum absolute atomic E-state index is 0.0319. The summed E-state index contributed by atoms with van der Waals surface area (Å²) < 4.78 is 34.9. The standard InChI is InChI=1S/C33H34BF2N3/c1-8-37-28-16-14-23(32(2,3)4)20-26(28)27-21-24(33(5,6)7)19-22(31(27)37)13-15-25-29-11-9-17-38(29)34(35,36)39-18-10-12-30(25)39/h9-12,14,16-21H,8H2,1-7H3. The first-order valence-electron chi connectivity index (χ1n) is 13.7. The molecule has 0 unspecified atom stereocenters. The number of fused-ring (bicyclic) bond motifs is 5. The van der Waals surface area contributed by atoms with Gasteiger partial charge in [-0.1, -0.05) is 59.4 Å². The first-order valence-corrected chi connectivity index (χ1v) is 13.7. The molecule has 0 bridgehead atoms. The van der Waals surface area contributed by atoms with Crippen LogP contribution in [-0.4, -0.2) is 26.7 Å². The van der Waals surface area contributed by atoms with Gasteiger partial charge in [0.05, 0.1) is 5.52 Å². The number of rotatable bonds is 1. The molecule has 0 saturated heterocycles. The van der Waals surface area contributed by atoms with Gasteiger partial charge in [0.15, 0.2) is 5.70 Å². The van der Waals surface area contributed by atoms with Gasteiger partial charge in [-0.2, -0.15) is 0 Å². The molecule has 39 heavy (non-hydrogen) atoms. The average molecular weight is 521 g/mol. The summed E-state index contributed by atoms with van der Waals surface area (Å²) in [7, 11) is 0. The number of benzene rings is 2. The lowest BCUT2D eigenvalue weighted by Gasteiger charge is -2.29. The van der Waals surface area contributed by atoms with Crippen LogP contribution in [-0.2, 0) is 17.4 Å². The SMILES string of the molecule is CCn1c2ccc(C(C)(C)C)cc2c2cc(C(C)(C)C)cc(C#CC3=C4C=CC=[N+]4[B-](F)(F)n4cccc43)c21. The lowest BCUT2D eigenvalue weighted by atomic mass is 9.84. The van der Waals surface area contributed by atoms with Crippen LogP contribution >= 0.6 is 0 Å². The van der Waals surface area contributed by atoms with E-state index in [1.165, 1.54) is 39.8 Å². The highest BCUT2D eigenvalue weighted by atomic mass is 19.2. The molecule has 4 aromatic rings. The van der Waals surface area contributed by atoms with Crippen molar-refractivity contribution in [2.45, 2.75) is 65.8 Å². The summed E-state index contributed by atoms with van der Waals surface area (Å²) >= 11 is 0. The Balaban J connectivity index is 1.66. The number of halogens is 2. The number of aromatic nitrogens is 2. The highest BCUT2D eigenvalue weighted by molar-refractivity contribution is 6.57. The van der Waals surface area contributed by atoms with E-state index in [2.05, 4.69) is 95.2 Å². The molecule has 2 aliphatic heterocycles. The predicted octanol–water partition coefficient (Wildman–Crippen LogP) is 7.86. The van der Waals surface area contributed by atoms with Crippen molar-refractivity contribution in [1.82, 2.24) is 9.05 Å². The fraction of sp³-hybridized carbons (Fsp3) is 0.303. The summed E-state index contributed by atoms with van der Waals surface area (Å²) in [6.45, 7) is 12.4. The molecular weight excluding hydrogens is 487 g/mol. The molecule has 0 amide bonds. The monoisotopic (exact) mass is 521 g/mol. The average Bonchev–Trinajstić information content (AvgIpc) is 3.60. The molecular formula is C33H34BF2N3. The van der Waals surface area contributed by atoms with Crippen LogP contribution in [0.2, 0.25) is 0 Å². The van der Waals surface area contributed by atoms with E-state index in [0.29, 0.717) is 17.0 Å². The molecule has 0 saturated carbocycles. The van der Waals surface area contributed by atoms with Gasteiger partial charge in [0.1, 0.15) is 11.8 Å². The highest BCUT2D eigenvalue weighted by Crippen LogP contribution is 2.38. The Kier molecular flexibility index (Phi) is 5.43. The maximum atomic E-state index is 15.2. The molecule has 2 aliphatic rings. The lowest BCUT2D eigenvalue weighted by molar-refractivity contribution is -0.356. The van der Waals surface area contributed by atoms with Gasteiger partial charge >= 0.3 is 6.97 Å². The second-order valence-corrected chi connectivity index (χ2v) is 12.7. The van der Waals surface area contributed by atoms with E-state index in [1.807, 2.05) is 0 Å². The lowest BCUT2D eigenvalue weighted by Crippen LogP contribution is -2.49. The van der Waals surface area contributed by atoms with Crippen LogP contribution in [0, 0.1) is 11.8 Å². The van der Waals surface area contributed by atoms with Crippen LogP contribution in [0.5, 0.6) is 0 Å². The molecule has 0 N–H and O–H groups in total. The number of aryl methyl sites for hydroxylation is 1. The Morgan fingerprint density at radius 1 is 0.897 bits per heavy atom. The van der Waals surface area contributed by atoms with Crippen molar-refractivity contribution < 1.29 is 13.1 Å². The van der Waals surface area contributed by atoms with E-state index >= 15 is 8.63 Å². The second-order valence-electron chi connectivity index (χ2n) is 12.7. The Labute approximate surface area is 229 Å². The predicted molar refractivity (Wildman–Crippen MR) is 160 cm³/mol. The van der Waals surface area contributed by atoms with E-state index in [9.17, 15) is 0 Å². The van der Waals surface area contributed by atoms with Crippen molar-refractivity contribution in [3.05, 3.63) is 88.9 Å². The first kappa shape index (κ1) is 25.4. The number of hydrogen-bond acceptors (Lipinski definition) is 0. The van der Waals surface area contributed by atoms with Crippen LogP contribution in [0.25, 0.3) is 27.4 Å². The molecule has 198 valence electrons. The van der Waals surface area contributed by atoms with Crippen molar-refractivity contribution in [2.75, 3.05) is 0 Å². The zero-order valence-corrected chi connectivity index (χ0v) is 23.7. The van der Waals surface area contributed by atoms with Gasteiger partial charge in [0, 0.05) is 46.2 Å². The topological polar surface area (TPSA) is 12.9 Å². The summed E-state index contributed by atoms with van der Waals surface area (Å²) in [5, 5.41) is 2.41. The van der Waals surface area contributed by atoms with E-state index in [1.54, 1.807) is 24.3 Å². The van der Waals surface area contributed by atoms with Crippen molar-refractivity contribution in [3.63, 3.8) is 0 Å². The maximum absolute atomic E-state index is 15.2. The van der Waals surface area contributed by atoms with Gasteiger partial charge in [0.2, 0.25) is 0 Å². The summed E-state index contributed by atoms with van der Waals surface area (Å²) in [6.07, 6.45) is 6.29. The fourth-order valence-corrected chi connectivity index (χ4v) is 5.84. The van der Waals surface area contributed by atoms with E-state index in [0.717, 1.165) is 26.6 Å². The number of hydrogen-bond donors (Lipinski definition) is 0. The normalized spacial score (nSPS) is 16.4. The number of allylic oxidation sites excluding steroid dienone is 3. The van der Waals surface area contributed by atoms with Crippen molar-refractivity contribution in [3.8, 4) is 11.8 Å². The first-order chi connectivity index (χ1) is 18.3. The summed E-state index contributed by atoms with van der Waals surface area (Å²) in [4.78, 5) is 0. The minimum atomic E-state index is -3.94.